The number of hydrogen-bond acceptors (Lipinski definition) is 5. The first kappa shape index (κ1) is 20.8. The van der Waals surface area contributed by atoms with E-state index in [1.807, 2.05) is 6.07 Å². The minimum absolute atomic E-state index is 0.0340. The van der Waals surface area contributed by atoms with Crippen LogP contribution in [-0.4, -0.2) is 31.1 Å². The molecule has 0 unspecified atom stereocenters. The maximum absolute atomic E-state index is 12.4. The zero-order chi connectivity index (χ0) is 19.8. The number of hydrogen-bond donors (Lipinski definition) is 2. The van der Waals surface area contributed by atoms with Crippen LogP contribution in [0.1, 0.15) is 37.7 Å². The minimum Gasteiger partial charge on any atom is -0.353 e. The van der Waals surface area contributed by atoms with Crippen molar-refractivity contribution in [3.05, 3.63) is 54.4 Å². The Balaban J connectivity index is 1.48. The van der Waals surface area contributed by atoms with E-state index in [-0.39, 0.29) is 17.3 Å². The van der Waals surface area contributed by atoms with Crippen molar-refractivity contribution in [2.75, 3.05) is 5.75 Å². The zero-order valence-electron chi connectivity index (χ0n) is 15.6. The average molecular weight is 420 g/mol. The number of carbonyl (C=O) groups is 1. The Bertz CT molecular complexity index is 865. The van der Waals surface area contributed by atoms with Crippen LogP contribution in [0.3, 0.4) is 0 Å². The van der Waals surface area contributed by atoms with E-state index in [0.29, 0.717) is 11.8 Å². The highest BCUT2D eigenvalue weighted by Crippen LogP contribution is 2.21. The number of amides is 1. The maximum Gasteiger partial charge on any atom is 0.240 e. The number of rotatable bonds is 8. The van der Waals surface area contributed by atoms with Gasteiger partial charge >= 0.3 is 0 Å². The van der Waals surface area contributed by atoms with Crippen molar-refractivity contribution < 1.29 is 13.2 Å². The third-order valence-electron chi connectivity index (χ3n) is 4.66. The third kappa shape index (κ3) is 6.32. The molecule has 0 radical (unpaired) electrons. The molecular weight excluding hydrogens is 394 g/mol. The monoisotopic (exact) mass is 419 g/mol. The third-order valence-corrected chi connectivity index (χ3v) is 7.09. The molecule has 0 atom stereocenters. The first-order valence-electron chi connectivity index (χ1n) is 9.44. The zero-order valence-corrected chi connectivity index (χ0v) is 17.3. The molecule has 28 heavy (non-hydrogen) atoms. The van der Waals surface area contributed by atoms with Gasteiger partial charge in [0.25, 0.3) is 0 Å². The van der Waals surface area contributed by atoms with Crippen molar-refractivity contribution in [1.29, 1.82) is 0 Å². The molecule has 0 aliphatic heterocycles. The highest BCUT2D eigenvalue weighted by atomic mass is 32.2. The van der Waals surface area contributed by atoms with Crippen molar-refractivity contribution in [3.63, 3.8) is 0 Å². The summed E-state index contributed by atoms with van der Waals surface area (Å²) in [7, 11) is -3.59. The van der Waals surface area contributed by atoms with Gasteiger partial charge in [0.1, 0.15) is 0 Å². The largest absolute Gasteiger partial charge is 0.353 e. The molecule has 8 heteroatoms. The lowest BCUT2D eigenvalue weighted by Gasteiger charge is -2.22. The summed E-state index contributed by atoms with van der Waals surface area (Å²) in [5.41, 5.74) is 0.794. The predicted octanol–water partition coefficient (Wildman–Crippen LogP) is 3.10. The summed E-state index contributed by atoms with van der Waals surface area (Å²) in [4.78, 5) is 17.1. The van der Waals surface area contributed by atoms with Crippen molar-refractivity contribution in [2.45, 2.75) is 54.5 Å². The second kappa shape index (κ2) is 10.0. The molecule has 1 heterocycles. The lowest BCUT2D eigenvalue weighted by molar-refractivity contribution is -0.119. The molecule has 2 aromatic rings. The molecule has 0 spiro atoms. The number of nitrogens with one attached hydrogen (secondary N) is 2. The van der Waals surface area contributed by atoms with Crippen LogP contribution in [0, 0.1) is 0 Å². The highest BCUT2D eigenvalue weighted by Gasteiger charge is 2.16. The van der Waals surface area contributed by atoms with Crippen LogP contribution in [0.4, 0.5) is 0 Å². The normalized spacial score (nSPS) is 15.3. The fraction of sp³-hybridized carbons (Fsp3) is 0.400. The lowest BCUT2D eigenvalue weighted by Crippen LogP contribution is -2.37. The van der Waals surface area contributed by atoms with Crippen molar-refractivity contribution in [3.8, 4) is 0 Å². The van der Waals surface area contributed by atoms with Crippen molar-refractivity contribution in [2.24, 2.45) is 0 Å². The van der Waals surface area contributed by atoms with Crippen molar-refractivity contribution >= 4 is 27.7 Å². The number of aromatic nitrogens is 1. The van der Waals surface area contributed by atoms with Gasteiger partial charge in [-0.3, -0.25) is 9.78 Å². The molecule has 150 valence electrons. The Morgan fingerprint density at radius 2 is 1.86 bits per heavy atom. The minimum atomic E-state index is -3.59. The standard InChI is InChI=1S/C20H25N3O3S2/c24-20(23-17-6-2-1-3-7-17)15-27-18-8-10-19(11-9-18)28(25,26)22-14-16-5-4-12-21-13-16/h4-5,8-13,17,22H,1-3,6-7,14-15H2,(H,23,24). The number of pyridine rings is 1. The summed E-state index contributed by atoms with van der Waals surface area (Å²) in [6.45, 7) is 0.189. The molecule has 1 saturated carbocycles. The van der Waals surface area contributed by atoms with Crippen LogP contribution in [0.15, 0.2) is 58.6 Å². The first-order valence-corrected chi connectivity index (χ1v) is 11.9. The summed E-state index contributed by atoms with van der Waals surface area (Å²) in [5.74, 6) is 0.369. The molecule has 1 aliphatic rings. The van der Waals surface area contributed by atoms with Crippen LogP contribution < -0.4 is 10.0 Å². The van der Waals surface area contributed by atoms with E-state index in [2.05, 4.69) is 15.0 Å². The molecule has 3 rings (SSSR count). The van der Waals surface area contributed by atoms with Gasteiger partial charge in [-0.1, -0.05) is 25.3 Å². The Morgan fingerprint density at radius 3 is 2.54 bits per heavy atom. The van der Waals surface area contributed by atoms with Gasteiger partial charge in [-0.15, -0.1) is 11.8 Å². The van der Waals surface area contributed by atoms with Gasteiger partial charge in [0.05, 0.1) is 10.6 Å². The molecule has 6 nitrogen and oxygen atoms in total. The van der Waals surface area contributed by atoms with Gasteiger partial charge in [-0.05, 0) is 48.7 Å². The summed E-state index contributed by atoms with van der Waals surface area (Å²) in [6.07, 6.45) is 9.02. The quantitative estimate of drug-likeness (QED) is 0.642. The molecule has 1 aromatic heterocycles. The van der Waals surface area contributed by atoms with Gasteiger partial charge in [-0.2, -0.15) is 0 Å². The second-order valence-electron chi connectivity index (χ2n) is 6.85. The maximum atomic E-state index is 12.4. The first-order chi connectivity index (χ1) is 13.5. The average Bonchev–Trinajstić information content (AvgIpc) is 2.73. The Hall–Kier alpha value is -1.90. The van der Waals surface area contributed by atoms with Crippen LogP contribution in [0.5, 0.6) is 0 Å². The smallest absolute Gasteiger partial charge is 0.240 e. The van der Waals surface area contributed by atoms with Crippen LogP contribution in [-0.2, 0) is 21.4 Å². The number of carbonyl (C=O) groups excluding carboxylic acids is 1. The van der Waals surface area contributed by atoms with Crippen LogP contribution >= 0.6 is 11.8 Å². The van der Waals surface area contributed by atoms with E-state index in [9.17, 15) is 13.2 Å². The number of thioether (sulfide) groups is 1. The molecule has 1 aliphatic carbocycles. The van der Waals surface area contributed by atoms with E-state index in [0.717, 1.165) is 23.3 Å². The molecule has 0 saturated heterocycles. The fourth-order valence-electron chi connectivity index (χ4n) is 3.14. The van der Waals surface area contributed by atoms with Gasteiger partial charge in [-0.25, -0.2) is 13.1 Å². The number of sulfonamides is 1. The van der Waals surface area contributed by atoms with E-state index in [1.54, 1.807) is 42.7 Å². The summed E-state index contributed by atoms with van der Waals surface area (Å²) >= 11 is 1.41. The van der Waals surface area contributed by atoms with E-state index in [1.165, 1.54) is 31.0 Å². The molecule has 1 fully saturated rings. The van der Waals surface area contributed by atoms with Gasteiger partial charge in [0, 0.05) is 29.9 Å². The van der Waals surface area contributed by atoms with Crippen LogP contribution in [0.2, 0.25) is 0 Å². The number of nitrogens with zero attached hydrogens (tertiary/aromatic N) is 1. The van der Waals surface area contributed by atoms with Crippen LogP contribution in [0.25, 0.3) is 0 Å². The molecular formula is C20H25N3O3S2. The Morgan fingerprint density at radius 1 is 1.11 bits per heavy atom. The Labute approximate surface area is 170 Å². The lowest BCUT2D eigenvalue weighted by atomic mass is 9.95. The van der Waals surface area contributed by atoms with Gasteiger partial charge in [0.15, 0.2) is 0 Å². The van der Waals surface area contributed by atoms with Gasteiger partial charge in [0.2, 0.25) is 15.9 Å². The van der Waals surface area contributed by atoms with Crippen molar-refractivity contribution in [1.82, 2.24) is 15.0 Å². The fourth-order valence-corrected chi connectivity index (χ4v) is 4.87. The topological polar surface area (TPSA) is 88.2 Å². The summed E-state index contributed by atoms with van der Waals surface area (Å²) < 4.78 is 27.4. The molecule has 1 aromatic carbocycles. The van der Waals surface area contributed by atoms with E-state index < -0.39 is 10.0 Å². The van der Waals surface area contributed by atoms with E-state index >= 15 is 0 Å². The van der Waals surface area contributed by atoms with E-state index in [4.69, 9.17) is 0 Å². The SMILES string of the molecule is O=C(CSc1ccc(S(=O)(=O)NCc2cccnc2)cc1)NC1CCCCC1. The molecule has 0 bridgehead atoms. The summed E-state index contributed by atoms with van der Waals surface area (Å²) in [6, 6.07) is 10.5. The van der Waals surface area contributed by atoms with Gasteiger partial charge < -0.3 is 5.32 Å². The highest BCUT2D eigenvalue weighted by molar-refractivity contribution is 8.00. The molecule has 2 N–H and O–H groups in total. The molecule has 1 amide bonds. The Kier molecular flexibility index (Phi) is 7.47. The second-order valence-corrected chi connectivity index (χ2v) is 9.66. The number of benzene rings is 1. The summed E-state index contributed by atoms with van der Waals surface area (Å²) in [5, 5.41) is 3.09. The predicted molar refractivity (Wildman–Crippen MR) is 110 cm³/mol.